The predicted molar refractivity (Wildman–Crippen MR) is 74.1 cm³/mol. The lowest BCUT2D eigenvalue weighted by atomic mass is 10.2. The van der Waals surface area contributed by atoms with Crippen LogP contribution in [0.5, 0.6) is 0 Å². The molecule has 0 bridgehead atoms. The third-order valence-electron chi connectivity index (χ3n) is 4.13. The molecule has 1 amide bonds. The van der Waals surface area contributed by atoms with E-state index in [0.29, 0.717) is 19.1 Å². The Morgan fingerprint density at radius 3 is 2.67 bits per heavy atom. The van der Waals surface area contributed by atoms with Crippen molar-refractivity contribution in [3.63, 3.8) is 0 Å². The van der Waals surface area contributed by atoms with Crippen LogP contribution in [-0.4, -0.2) is 65.9 Å². The van der Waals surface area contributed by atoms with Crippen molar-refractivity contribution >= 4 is 11.8 Å². The first-order valence-corrected chi connectivity index (χ1v) is 7.13. The summed E-state index contributed by atoms with van der Waals surface area (Å²) in [7, 11) is 0. The van der Waals surface area contributed by atoms with Crippen LogP contribution >= 0.6 is 0 Å². The van der Waals surface area contributed by atoms with E-state index in [2.05, 4.69) is 10.2 Å². The fourth-order valence-electron chi connectivity index (χ4n) is 2.94. The van der Waals surface area contributed by atoms with Gasteiger partial charge in [0.05, 0.1) is 6.07 Å². The van der Waals surface area contributed by atoms with Crippen LogP contribution < -0.4 is 5.32 Å². The molecule has 1 aromatic rings. The van der Waals surface area contributed by atoms with Gasteiger partial charge < -0.3 is 14.6 Å². The predicted octanol–water partition coefficient (Wildman–Crippen LogP) is 0.307. The molecule has 114 valence electrons. The summed E-state index contributed by atoms with van der Waals surface area (Å²) in [5.74, 6) is -0.626. The first kappa shape index (κ1) is 14.0. The summed E-state index contributed by atoms with van der Waals surface area (Å²) in [6, 6.07) is 3.15. The maximum absolute atomic E-state index is 12.2. The van der Waals surface area contributed by atoms with Crippen molar-refractivity contribution in [2.24, 2.45) is 0 Å². The maximum Gasteiger partial charge on any atom is 0.433 e. The van der Waals surface area contributed by atoms with Gasteiger partial charge in [-0.25, -0.2) is 0 Å². The van der Waals surface area contributed by atoms with Gasteiger partial charge in [-0.3, -0.25) is 19.8 Å². The molecule has 1 aromatic heterocycles. The van der Waals surface area contributed by atoms with Gasteiger partial charge in [0.25, 0.3) is 5.91 Å². The number of carbonyl (C=O) groups excluding carboxylic acids is 1. The first-order valence-electron chi connectivity index (χ1n) is 7.13. The van der Waals surface area contributed by atoms with Crippen molar-refractivity contribution in [3.8, 4) is 0 Å². The highest BCUT2D eigenvalue weighted by Crippen LogP contribution is 2.19. The molecular weight excluding hydrogens is 276 g/mol. The number of hydrogen-bond donors (Lipinski definition) is 1. The van der Waals surface area contributed by atoms with Crippen molar-refractivity contribution in [2.75, 3.05) is 39.3 Å². The van der Waals surface area contributed by atoms with E-state index in [1.54, 1.807) is 4.90 Å². The molecule has 0 saturated carbocycles. The molecule has 2 saturated heterocycles. The number of furan rings is 1. The van der Waals surface area contributed by atoms with Gasteiger partial charge >= 0.3 is 5.88 Å². The average molecular weight is 294 g/mol. The number of hydrogen-bond acceptors (Lipinski definition) is 6. The zero-order valence-corrected chi connectivity index (χ0v) is 11.7. The smallest absolute Gasteiger partial charge is 0.395 e. The molecule has 2 aliphatic rings. The van der Waals surface area contributed by atoms with Crippen LogP contribution in [0.3, 0.4) is 0 Å². The molecule has 0 spiro atoms. The zero-order chi connectivity index (χ0) is 14.8. The van der Waals surface area contributed by atoms with Crippen LogP contribution in [0.15, 0.2) is 16.5 Å². The second kappa shape index (κ2) is 5.82. The minimum Gasteiger partial charge on any atom is -0.395 e. The quantitative estimate of drug-likeness (QED) is 0.637. The molecule has 8 nitrogen and oxygen atoms in total. The van der Waals surface area contributed by atoms with Gasteiger partial charge in [-0.2, -0.15) is 0 Å². The number of rotatable bonds is 3. The summed E-state index contributed by atoms with van der Waals surface area (Å²) in [6.45, 7) is 4.99. The van der Waals surface area contributed by atoms with E-state index in [-0.39, 0.29) is 11.7 Å². The van der Waals surface area contributed by atoms with Crippen molar-refractivity contribution in [2.45, 2.75) is 12.5 Å². The highest BCUT2D eigenvalue weighted by molar-refractivity contribution is 5.91. The van der Waals surface area contributed by atoms with Gasteiger partial charge in [0, 0.05) is 38.8 Å². The molecule has 1 N–H and O–H groups in total. The van der Waals surface area contributed by atoms with E-state index in [1.165, 1.54) is 12.1 Å². The normalized spacial score (nSPS) is 23.4. The van der Waals surface area contributed by atoms with E-state index < -0.39 is 10.8 Å². The lowest BCUT2D eigenvalue weighted by Gasteiger charge is -2.37. The largest absolute Gasteiger partial charge is 0.433 e. The van der Waals surface area contributed by atoms with Crippen molar-refractivity contribution < 1.29 is 14.1 Å². The second-order valence-electron chi connectivity index (χ2n) is 5.37. The molecule has 0 radical (unpaired) electrons. The Labute approximate surface area is 121 Å². The molecule has 1 unspecified atom stereocenters. The van der Waals surface area contributed by atoms with Gasteiger partial charge in [0.1, 0.15) is 4.92 Å². The summed E-state index contributed by atoms with van der Waals surface area (Å²) in [4.78, 5) is 26.3. The number of nitro groups is 1. The second-order valence-corrected chi connectivity index (χ2v) is 5.37. The van der Waals surface area contributed by atoms with Crippen LogP contribution in [-0.2, 0) is 0 Å². The summed E-state index contributed by atoms with van der Waals surface area (Å²) in [5, 5.41) is 13.9. The maximum atomic E-state index is 12.2. The van der Waals surface area contributed by atoms with E-state index in [9.17, 15) is 14.9 Å². The van der Waals surface area contributed by atoms with Crippen molar-refractivity contribution in [1.29, 1.82) is 0 Å². The zero-order valence-electron chi connectivity index (χ0n) is 11.7. The lowest BCUT2D eigenvalue weighted by Crippen LogP contribution is -2.52. The summed E-state index contributed by atoms with van der Waals surface area (Å²) in [5.41, 5.74) is 0. The van der Waals surface area contributed by atoms with E-state index in [1.807, 2.05) is 0 Å². The minimum atomic E-state index is -0.637. The third kappa shape index (κ3) is 2.91. The number of amides is 1. The van der Waals surface area contributed by atoms with Gasteiger partial charge in [-0.15, -0.1) is 0 Å². The standard InChI is InChI=1S/C13H18N4O4/c18-13(11-1-2-12(21-11)17(19)20)16-7-5-15(6-8-16)10-3-4-14-9-10/h1-2,10,14H,3-9H2. The molecular formula is C13H18N4O4. The van der Waals surface area contributed by atoms with Crippen LogP contribution in [0, 0.1) is 10.1 Å². The van der Waals surface area contributed by atoms with Crippen LogP contribution in [0.4, 0.5) is 5.88 Å². The number of piperazine rings is 1. The molecule has 2 fully saturated rings. The van der Waals surface area contributed by atoms with Crippen LogP contribution in [0.2, 0.25) is 0 Å². The molecule has 3 heterocycles. The Bertz CT molecular complexity index is 530. The summed E-state index contributed by atoms with van der Waals surface area (Å²) >= 11 is 0. The van der Waals surface area contributed by atoms with E-state index >= 15 is 0 Å². The molecule has 8 heteroatoms. The molecule has 1 atom stereocenters. The molecule has 0 aliphatic carbocycles. The Morgan fingerprint density at radius 2 is 2.10 bits per heavy atom. The average Bonchev–Trinajstić information content (AvgIpc) is 3.18. The Kier molecular flexibility index (Phi) is 3.89. The molecule has 3 rings (SSSR count). The minimum absolute atomic E-state index is 0.0395. The Morgan fingerprint density at radius 1 is 1.33 bits per heavy atom. The van der Waals surface area contributed by atoms with Crippen LogP contribution in [0.25, 0.3) is 0 Å². The topological polar surface area (TPSA) is 91.9 Å². The molecule has 0 aromatic carbocycles. The van der Waals surface area contributed by atoms with Crippen LogP contribution in [0.1, 0.15) is 17.0 Å². The van der Waals surface area contributed by atoms with E-state index in [4.69, 9.17) is 4.42 Å². The number of nitrogens with zero attached hydrogens (tertiary/aromatic N) is 3. The number of carbonyl (C=O) groups is 1. The Hall–Kier alpha value is -1.93. The lowest BCUT2D eigenvalue weighted by molar-refractivity contribution is -0.402. The fraction of sp³-hybridized carbons (Fsp3) is 0.615. The highest BCUT2D eigenvalue weighted by atomic mass is 16.6. The van der Waals surface area contributed by atoms with E-state index in [0.717, 1.165) is 32.6 Å². The monoisotopic (exact) mass is 294 g/mol. The Balaban J connectivity index is 1.58. The summed E-state index contributed by atoms with van der Waals surface area (Å²) < 4.78 is 4.97. The highest BCUT2D eigenvalue weighted by Gasteiger charge is 2.29. The number of nitrogens with one attached hydrogen (secondary N) is 1. The van der Waals surface area contributed by atoms with Gasteiger partial charge in [0.15, 0.2) is 5.76 Å². The van der Waals surface area contributed by atoms with Crippen molar-refractivity contribution in [3.05, 3.63) is 28.0 Å². The summed E-state index contributed by atoms with van der Waals surface area (Å²) in [6.07, 6.45) is 1.15. The first-order chi connectivity index (χ1) is 10.1. The SMILES string of the molecule is O=C(c1ccc([N+](=O)[O-])o1)N1CCN(C2CCNC2)CC1. The van der Waals surface area contributed by atoms with Crippen molar-refractivity contribution in [1.82, 2.24) is 15.1 Å². The van der Waals surface area contributed by atoms with Gasteiger partial charge in [-0.1, -0.05) is 0 Å². The fourth-order valence-corrected chi connectivity index (χ4v) is 2.94. The van der Waals surface area contributed by atoms with Gasteiger partial charge in [0.2, 0.25) is 0 Å². The molecule has 2 aliphatic heterocycles. The third-order valence-corrected chi connectivity index (χ3v) is 4.13. The van der Waals surface area contributed by atoms with Gasteiger partial charge in [-0.05, 0) is 19.0 Å². The molecule has 21 heavy (non-hydrogen) atoms.